The number of halogens is 1. The molecule has 2 nitrogen and oxygen atoms in total. The fourth-order valence-corrected chi connectivity index (χ4v) is 5.93. The van der Waals surface area contributed by atoms with Crippen LogP contribution in [-0.4, -0.2) is 36.2 Å². The second kappa shape index (κ2) is 7.57. The summed E-state index contributed by atoms with van der Waals surface area (Å²) in [5.41, 5.74) is 1.00. The molecule has 0 radical (unpaired) electrons. The topological polar surface area (TPSA) is 21.3 Å². The molecule has 20 heavy (non-hydrogen) atoms. The number of methoxy groups -OCH3 is 1. The average Bonchev–Trinajstić information content (AvgIpc) is 2.49. The van der Waals surface area contributed by atoms with Gasteiger partial charge in [-0.25, -0.2) is 4.39 Å². The van der Waals surface area contributed by atoms with Gasteiger partial charge in [0.25, 0.3) is 0 Å². The van der Waals surface area contributed by atoms with E-state index in [0.717, 1.165) is 12.0 Å². The summed E-state index contributed by atoms with van der Waals surface area (Å²) in [6.45, 7) is 2.23. The predicted octanol–water partition coefficient (Wildman–Crippen LogP) is 3.72. The van der Waals surface area contributed by atoms with Gasteiger partial charge in [0.1, 0.15) is 0 Å². The monoisotopic (exact) mass is 315 g/mol. The van der Waals surface area contributed by atoms with Crippen molar-refractivity contribution in [3.63, 3.8) is 0 Å². The maximum absolute atomic E-state index is 13.9. The Morgan fingerprint density at radius 2 is 2.15 bits per heavy atom. The molecule has 1 aliphatic heterocycles. The number of hydrogen-bond acceptors (Lipinski definition) is 4. The van der Waals surface area contributed by atoms with Gasteiger partial charge in [0.2, 0.25) is 0 Å². The van der Waals surface area contributed by atoms with Crippen molar-refractivity contribution in [1.29, 1.82) is 0 Å². The molecule has 2 rings (SSSR count). The first-order valence-corrected chi connectivity index (χ1v) is 9.05. The van der Waals surface area contributed by atoms with Crippen molar-refractivity contribution in [2.75, 3.05) is 25.7 Å². The molecule has 0 aliphatic carbocycles. The Morgan fingerprint density at radius 3 is 2.75 bits per heavy atom. The van der Waals surface area contributed by atoms with E-state index in [-0.39, 0.29) is 11.9 Å². The molecule has 0 aromatic heterocycles. The molecule has 1 aliphatic rings. The van der Waals surface area contributed by atoms with Crippen LogP contribution in [0.15, 0.2) is 18.2 Å². The molecule has 3 unspecified atom stereocenters. The molecule has 112 valence electrons. The molecule has 1 N–H and O–H groups in total. The molecule has 0 bridgehead atoms. The van der Waals surface area contributed by atoms with Crippen LogP contribution < -0.4 is 10.1 Å². The van der Waals surface area contributed by atoms with E-state index in [4.69, 9.17) is 4.74 Å². The van der Waals surface area contributed by atoms with Gasteiger partial charge in [-0.1, -0.05) is 13.0 Å². The molecule has 1 saturated heterocycles. The van der Waals surface area contributed by atoms with Gasteiger partial charge in [-0.15, -0.1) is 0 Å². The van der Waals surface area contributed by atoms with E-state index in [1.807, 2.05) is 36.6 Å². The summed E-state index contributed by atoms with van der Waals surface area (Å²) < 4.78 is 18.9. The zero-order chi connectivity index (χ0) is 14.5. The maximum atomic E-state index is 13.9. The van der Waals surface area contributed by atoms with Crippen molar-refractivity contribution in [2.24, 2.45) is 0 Å². The van der Waals surface area contributed by atoms with E-state index >= 15 is 0 Å². The van der Waals surface area contributed by atoms with Crippen molar-refractivity contribution in [2.45, 2.75) is 29.9 Å². The largest absolute Gasteiger partial charge is 0.494 e. The highest BCUT2D eigenvalue weighted by molar-refractivity contribution is 8.07. The Morgan fingerprint density at radius 1 is 1.40 bits per heavy atom. The highest BCUT2D eigenvalue weighted by Gasteiger charge is 2.32. The average molecular weight is 315 g/mol. The van der Waals surface area contributed by atoms with E-state index in [1.165, 1.54) is 18.6 Å². The van der Waals surface area contributed by atoms with Crippen molar-refractivity contribution < 1.29 is 9.13 Å². The molecular formula is C15H22FNOS2. The lowest BCUT2D eigenvalue weighted by atomic mass is 10.00. The summed E-state index contributed by atoms with van der Waals surface area (Å²) in [5.74, 6) is 2.41. The number of hydrogen-bond donors (Lipinski definition) is 1. The lowest BCUT2D eigenvalue weighted by Crippen LogP contribution is -2.37. The number of benzene rings is 1. The van der Waals surface area contributed by atoms with Crippen LogP contribution in [0.2, 0.25) is 0 Å². The van der Waals surface area contributed by atoms with Gasteiger partial charge < -0.3 is 10.1 Å². The van der Waals surface area contributed by atoms with E-state index in [1.54, 1.807) is 12.1 Å². The highest BCUT2D eigenvalue weighted by Crippen LogP contribution is 2.40. The third-order valence-corrected chi connectivity index (χ3v) is 7.02. The summed E-state index contributed by atoms with van der Waals surface area (Å²) >= 11 is 4.04. The first-order chi connectivity index (χ1) is 9.71. The summed E-state index contributed by atoms with van der Waals surface area (Å²) in [4.78, 5) is 0. The smallest absolute Gasteiger partial charge is 0.165 e. The van der Waals surface area contributed by atoms with Crippen LogP contribution in [0.1, 0.15) is 24.9 Å². The fraction of sp³-hybridized carbons (Fsp3) is 0.600. The number of rotatable bonds is 5. The minimum atomic E-state index is -0.285. The predicted molar refractivity (Wildman–Crippen MR) is 87.5 cm³/mol. The van der Waals surface area contributed by atoms with Gasteiger partial charge in [-0.05, 0) is 31.2 Å². The quantitative estimate of drug-likeness (QED) is 0.893. The first-order valence-electron chi connectivity index (χ1n) is 6.95. The van der Waals surface area contributed by atoms with E-state index in [9.17, 15) is 4.39 Å². The van der Waals surface area contributed by atoms with Gasteiger partial charge in [-0.2, -0.15) is 23.5 Å². The Hall–Kier alpha value is -0.390. The Bertz CT molecular complexity index is 444. The number of nitrogens with one attached hydrogen (secondary N) is 1. The Balaban J connectivity index is 2.24. The van der Waals surface area contributed by atoms with Crippen LogP contribution in [0.25, 0.3) is 0 Å². The SMILES string of the molecule is CCC1SCCSC1C(NC)c1ccc(OC)c(F)c1. The Kier molecular flexibility index (Phi) is 6.05. The van der Waals surface area contributed by atoms with Crippen LogP contribution in [-0.2, 0) is 0 Å². The van der Waals surface area contributed by atoms with Crippen LogP contribution in [0.3, 0.4) is 0 Å². The summed E-state index contributed by atoms with van der Waals surface area (Å²) in [5, 5.41) is 4.48. The van der Waals surface area contributed by atoms with Crippen molar-refractivity contribution in [3.8, 4) is 5.75 Å². The third-order valence-electron chi connectivity index (χ3n) is 3.67. The molecule has 3 atom stereocenters. The minimum Gasteiger partial charge on any atom is -0.494 e. The minimum absolute atomic E-state index is 0.179. The summed E-state index contributed by atoms with van der Waals surface area (Å²) in [6.07, 6.45) is 1.15. The summed E-state index contributed by atoms with van der Waals surface area (Å²) in [7, 11) is 3.45. The van der Waals surface area contributed by atoms with Gasteiger partial charge in [0.05, 0.1) is 7.11 Å². The van der Waals surface area contributed by atoms with E-state index in [0.29, 0.717) is 16.2 Å². The second-order valence-corrected chi connectivity index (χ2v) is 7.45. The Labute approximate surface area is 129 Å². The fourth-order valence-electron chi connectivity index (χ4n) is 2.64. The molecule has 1 fully saturated rings. The molecule has 0 spiro atoms. The third kappa shape index (κ3) is 3.43. The molecule has 0 saturated carbocycles. The molecule has 0 amide bonds. The van der Waals surface area contributed by atoms with E-state index in [2.05, 4.69) is 12.2 Å². The van der Waals surface area contributed by atoms with Crippen LogP contribution in [0.5, 0.6) is 5.75 Å². The lowest BCUT2D eigenvalue weighted by molar-refractivity contribution is 0.385. The lowest BCUT2D eigenvalue weighted by Gasteiger charge is -2.36. The first kappa shape index (κ1) is 16.0. The molecule has 1 heterocycles. The molecule has 1 aromatic rings. The molecule has 5 heteroatoms. The van der Waals surface area contributed by atoms with E-state index < -0.39 is 0 Å². The summed E-state index contributed by atoms with van der Waals surface area (Å²) in [6, 6.07) is 5.47. The normalized spacial score (nSPS) is 24.4. The molecule has 1 aromatic carbocycles. The molecular weight excluding hydrogens is 293 g/mol. The highest BCUT2D eigenvalue weighted by atomic mass is 32.2. The second-order valence-electron chi connectivity index (χ2n) is 4.81. The van der Waals surface area contributed by atoms with Gasteiger partial charge in [-0.3, -0.25) is 0 Å². The van der Waals surface area contributed by atoms with Crippen molar-refractivity contribution in [3.05, 3.63) is 29.6 Å². The van der Waals surface area contributed by atoms with Gasteiger partial charge >= 0.3 is 0 Å². The van der Waals surface area contributed by atoms with Crippen LogP contribution in [0.4, 0.5) is 4.39 Å². The van der Waals surface area contributed by atoms with Crippen molar-refractivity contribution >= 4 is 23.5 Å². The van der Waals surface area contributed by atoms with Crippen LogP contribution in [0, 0.1) is 5.82 Å². The van der Waals surface area contributed by atoms with Gasteiger partial charge in [0.15, 0.2) is 11.6 Å². The van der Waals surface area contributed by atoms with Gasteiger partial charge in [0, 0.05) is 28.0 Å². The zero-order valence-corrected chi connectivity index (χ0v) is 13.8. The number of thioether (sulfide) groups is 2. The van der Waals surface area contributed by atoms with Crippen LogP contribution >= 0.6 is 23.5 Å². The standard InChI is InChI=1S/C15H22FNOS2/c1-4-13-15(20-8-7-19-13)14(17-2)10-5-6-12(18-3)11(16)9-10/h5-6,9,13-15,17H,4,7-8H2,1-3H3. The van der Waals surface area contributed by atoms with Crippen molar-refractivity contribution in [1.82, 2.24) is 5.32 Å². The maximum Gasteiger partial charge on any atom is 0.165 e. The zero-order valence-electron chi connectivity index (χ0n) is 12.2. The number of ether oxygens (including phenoxy) is 1.